The van der Waals surface area contributed by atoms with Crippen LogP contribution in [0.5, 0.6) is 0 Å². The molecule has 1 aromatic carbocycles. The van der Waals surface area contributed by atoms with Gasteiger partial charge in [-0.1, -0.05) is 32.0 Å². The van der Waals surface area contributed by atoms with E-state index in [1.165, 1.54) is 9.13 Å². The smallest absolute Gasteiger partial charge is 0.225 e. The van der Waals surface area contributed by atoms with E-state index < -0.39 is 0 Å². The molecule has 1 atom stereocenters. The van der Waals surface area contributed by atoms with E-state index in [0.29, 0.717) is 0 Å². The molecule has 2 rings (SSSR count). The Morgan fingerprint density at radius 2 is 2.12 bits per heavy atom. The molecule has 1 aromatic rings. The lowest BCUT2D eigenvalue weighted by Gasteiger charge is -2.27. The van der Waals surface area contributed by atoms with Gasteiger partial charge in [0.15, 0.2) is 0 Å². The number of hydrogen-bond donors (Lipinski definition) is 0. The molecule has 1 amide bonds. The van der Waals surface area contributed by atoms with Gasteiger partial charge in [0.1, 0.15) is 0 Å². The Morgan fingerprint density at radius 1 is 1.41 bits per heavy atom. The van der Waals surface area contributed by atoms with Crippen LogP contribution in [0.1, 0.15) is 38.3 Å². The molecule has 0 saturated carbocycles. The SMILES string of the molecule is CC(C)C(=O)N1CCC[C@H]1c1ccccc1I. The zero-order valence-electron chi connectivity index (χ0n) is 10.3. The first kappa shape index (κ1) is 12.9. The van der Waals surface area contributed by atoms with Crippen LogP contribution in [-0.2, 0) is 4.79 Å². The topological polar surface area (TPSA) is 20.3 Å². The fourth-order valence-corrected chi connectivity index (χ4v) is 3.18. The van der Waals surface area contributed by atoms with Gasteiger partial charge < -0.3 is 4.90 Å². The summed E-state index contributed by atoms with van der Waals surface area (Å²) in [5.41, 5.74) is 1.31. The van der Waals surface area contributed by atoms with Crippen molar-refractivity contribution in [1.29, 1.82) is 0 Å². The number of hydrogen-bond acceptors (Lipinski definition) is 1. The van der Waals surface area contributed by atoms with Gasteiger partial charge in [-0.3, -0.25) is 4.79 Å². The highest BCUT2D eigenvalue weighted by atomic mass is 127. The lowest BCUT2D eigenvalue weighted by Crippen LogP contribution is -2.34. The molecule has 1 heterocycles. The van der Waals surface area contributed by atoms with Gasteiger partial charge in [0.25, 0.3) is 0 Å². The molecule has 0 aromatic heterocycles. The fourth-order valence-electron chi connectivity index (χ4n) is 2.43. The molecule has 1 fully saturated rings. The van der Waals surface area contributed by atoms with E-state index in [-0.39, 0.29) is 17.9 Å². The number of nitrogens with zero attached hydrogens (tertiary/aromatic N) is 1. The van der Waals surface area contributed by atoms with Crippen LogP contribution in [0.15, 0.2) is 24.3 Å². The molecule has 0 aliphatic carbocycles. The summed E-state index contributed by atoms with van der Waals surface area (Å²) in [6, 6.07) is 8.67. The molecule has 2 nitrogen and oxygen atoms in total. The summed E-state index contributed by atoms with van der Waals surface area (Å²) >= 11 is 2.36. The number of benzene rings is 1. The predicted octanol–water partition coefficient (Wildman–Crippen LogP) is 3.61. The summed E-state index contributed by atoms with van der Waals surface area (Å²) < 4.78 is 1.26. The van der Waals surface area contributed by atoms with Gasteiger partial charge >= 0.3 is 0 Å². The van der Waals surface area contributed by atoms with Crippen molar-refractivity contribution in [2.45, 2.75) is 32.7 Å². The van der Waals surface area contributed by atoms with Gasteiger partial charge in [-0.15, -0.1) is 0 Å². The molecular weight excluding hydrogens is 325 g/mol. The second-order valence-corrected chi connectivity index (χ2v) is 6.03. The minimum atomic E-state index is 0.0944. The van der Waals surface area contributed by atoms with Gasteiger partial charge in [-0.25, -0.2) is 0 Å². The lowest BCUT2D eigenvalue weighted by molar-refractivity contribution is -0.135. The monoisotopic (exact) mass is 343 g/mol. The number of amides is 1. The van der Waals surface area contributed by atoms with Gasteiger partial charge in [-0.2, -0.15) is 0 Å². The fraction of sp³-hybridized carbons (Fsp3) is 0.500. The number of carbonyl (C=O) groups is 1. The zero-order valence-corrected chi connectivity index (χ0v) is 12.5. The molecule has 0 bridgehead atoms. The van der Waals surface area contributed by atoms with E-state index >= 15 is 0 Å². The molecule has 0 radical (unpaired) electrons. The first-order valence-electron chi connectivity index (χ1n) is 6.16. The first-order valence-corrected chi connectivity index (χ1v) is 7.24. The predicted molar refractivity (Wildman–Crippen MR) is 77.7 cm³/mol. The maximum absolute atomic E-state index is 12.2. The Morgan fingerprint density at radius 3 is 2.76 bits per heavy atom. The summed E-state index contributed by atoms with van der Waals surface area (Å²) in [5.74, 6) is 0.379. The third kappa shape index (κ3) is 2.64. The number of halogens is 1. The highest BCUT2D eigenvalue weighted by Gasteiger charge is 2.31. The van der Waals surface area contributed by atoms with Gasteiger partial charge in [0.2, 0.25) is 5.91 Å². The third-order valence-electron chi connectivity index (χ3n) is 3.29. The number of likely N-dealkylation sites (tertiary alicyclic amines) is 1. The van der Waals surface area contributed by atoms with Crippen LogP contribution in [0.2, 0.25) is 0 Å². The van der Waals surface area contributed by atoms with Crippen molar-refractivity contribution in [3.8, 4) is 0 Å². The van der Waals surface area contributed by atoms with E-state index in [9.17, 15) is 4.79 Å². The van der Waals surface area contributed by atoms with Crippen molar-refractivity contribution in [2.24, 2.45) is 5.92 Å². The van der Waals surface area contributed by atoms with Crippen LogP contribution in [0.3, 0.4) is 0 Å². The van der Waals surface area contributed by atoms with Gasteiger partial charge in [0, 0.05) is 16.0 Å². The Bertz CT molecular complexity index is 416. The summed E-state index contributed by atoms with van der Waals surface area (Å²) in [5, 5.41) is 0. The molecule has 0 unspecified atom stereocenters. The zero-order chi connectivity index (χ0) is 12.4. The van der Waals surface area contributed by atoms with Crippen molar-refractivity contribution < 1.29 is 4.79 Å². The van der Waals surface area contributed by atoms with Crippen LogP contribution in [0.25, 0.3) is 0 Å². The summed E-state index contributed by atoms with van der Waals surface area (Å²) in [4.78, 5) is 14.2. The van der Waals surface area contributed by atoms with Crippen LogP contribution < -0.4 is 0 Å². The summed E-state index contributed by atoms with van der Waals surface area (Å²) in [6.07, 6.45) is 2.21. The molecule has 0 spiro atoms. The third-order valence-corrected chi connectivity index (χ3v) is 4.28. The lowest BCUT2D eigenvalue weighted by atomic mass is 10.0. The average Bonchev–Trinajstić information content (AvgIpc) is 2.77. The standard InChI is InChI=1S/C14H18INO/c1-10(2)14(17)16-9-5-8-13(16)11-6-3-4-7-12(11)15/h3-4,6-7,10,13H,5,8-9H2,1-2H3/t13-/m0/s1. The largest absolute Gasteiger partial charge is 0.335 e. The molecule has 0 N–H and O–H groups in total. The van der Waals surface area contributed by atoms with Gasteiger partial charge in [-0.05, 0) is 47.1 Å². The molecular formula is C14H18INO. The maximum Gasteiger partial charge on any atom is 0.225 e. The molecule has 92 valence electrons. The van der Waals surface area contributed by atoms with Crippen molar-refractivity contribution in [1.82, 2.24) is 4.90 Å². The number of rotatable bonds is 2. The molecule has 1 aliphatic rings. The minimum absolute atomic E-state index is 0.0944. The second-order valence-electron chi connectivity index (χ2n) is 4.87. The Labute approximate surface area is 117 Å². The van der Waals surface area contributed by atoms with E-state index in [1.807, 2.05) is 13.8 Å². The normalized spacial score (nSPS) is 20.0. The van der Waals surface area contributed by atoms with Crippen molar-refractivity contribution >= 4 is 28.5 Å². The van der Waals surface area contributed by atoms with Crippen LogP contribution >= 0.6 is 22.6 Å². The van der Waals surface area contributed by atoms with Gasteiger partial charge in [0.05, 0.1) is 6.04 Å². The van der Waals surface area contributed by atoms with Crippen LogP contribution in [-0.4, -0.2) is 17.4 Å². The Hall–Kier alpha value is -0.580. The molecule has 17 heavy (non-hydrogen) atoms. The van der Waals surface area contributed by atoms with Crippen molar-refractivity contribution in [3.63, 3.8) is 0 Å². The highest BCUT2D eigenvalue weighted by molar-refractivity contribution is 14.1. The first-order chi connectivity index (χ1) is 8.11. The van der Waals surface area contributed by atoms with E-state index in [4.69, 9.17) is 0 Å². The Kier molecular flexibility index (Phi) is 4.07. The minimum Gasteiger partial charge on any atom is -0.335 e. The summed E-state index contributed by atoms with van der Waals surface area (Å²) in [6.45, 7) is 4.87. The quantitative estimate of drug-likeness (QED) is 0.752. The maximum atomic E-state index is 12.2. The van der Waals surface area contributed by atoms with Crippen LogP contribution in [0, 0.1) is 9.49 Å². The second kappa shape index (κ2) is 5.38. The van der Waals surface area contributed by atoms with E-state index in [0.717, 1.165) is 19.4 Å². The van der Waals surface area contributed by atoms with E-state index in [1.54, 1.807) is 0 Å². The summed E-state index contributed by atoms with van der Waals surface area (Å²) in [7, 11) is 0. The Balaban J connectivity index is 2.26. The number of carbonyl (C=O) groups excluding carboxylic acids is 1. The van der Waals surface area contributed by atoms with Crippen molar-refractivity contribution in [3.05, 3.63) is 33.4 Å². The molecule has 1 saturated heterocycles. The highest BCUT2D eigenvalue weighted by Crippen LogP contribution is 2.35. The van der Waals surface area contributed by atoms with Crippen LogP contribution in [0.4, 0.5) is 0 Å². The van der Waals surface area contributed by atoms with Crippen molar-refractivity contribution in [2.75, 3.05) is 6.54 Å². The van der Waals surface area contributed by atoms with E-state index in [2.05, 4.69) is 51.8 Å². The molecule has 1 aliphatic heterocycles. The average molecular weight is 343 g/mol. The molecule has 3 heteroatoms.